The molecule has 1 unspecified atom stereocenters. The molecule has 0 spiro atoms. The summed E-state index contributed by atoms with van der Waals surface area (Å²) in [5.74, 6) is 0.377. The SMILES string of the molecule is CCC(C)(OC=O)C(C)C. The Morgan fingerprint density at radius 1 is 1.60 bits per heavy atom. The largest absolute Gasteiger partial charge is 0.461 e. The second-order valence-electron chi connectivity index (χ2n) is 3.03. The van der Waals surface area contributed by atoms with E-state index in [1.807, 2.05) is 27.7 Å². The lowest BCUT2D eigenvalue weighted by Gasteiger charge is -2.30. The quantitative estimate of drug-likeness (QED) is 0.564. The van der Waals surface area contributed by atoms with Crippen LogP contribution < -0.4 is 0 Å². The van der Waals surface area contributed by atoms with Crippen molar-refractivity contribution < 1.29 is 9.53 Å². The summed E-state index contributed by atoms with van der Waals surface area (Å²) in [6, 6.07) is 0. The predicted octanol–water partition coefficient (Wildman–Crippen LogP) is 1.98. The highest BCUT2D eigenvalue weighted by atomic mass is 16.5. The molecule has 1 atom stereocenters. The topological polar surface area (TPSA) is 26.3 Å². The van der Waals surface area contributed by atoms with Gasteiger partial charge in [0.2, 0.25) is 0 Å². The summed E-state index contributed by atoms with van der Waals surface area (Å²) >= 11 is 0. The summed E-state index contributed by atoms with van der Waals surface area (Å²) in [5, 5.41) is 0. The van der Waals surface area contributed by atoms with Gasteiger partial charge in [-0.3, -0.25) is 4.79 Å². The van der Waals surface area contributed by atoms with Crippen LogP contribution in [0.25, 0.3) is 0 Å². The van der Waals surface area contributed by atoms with Gasteiger partial charge >= 0.3 is 0 Å². The molecule has 0 fully saturated rings. The molecule has 0 amide bonds. The van der Waals surface area contributed by atoms with Crippen LogP contribution in [0.3, 0.4) is 0 Å². The molecule has 0 aliphatic heterocycles. The van der Waals surface area contributed by atoms with E-state index in [-0.39, 0.29) is 5.60 Å². The zero-order chi connectivity index (χ0) is 8.20. The van der Waals surface area contributed by atoms with E-state index < -0.39 is 0 Å². The molecule has 0 aromatic rings. The van der Waals surface area contributed by atoms with Crippen molar-refractivity contribution in [2.45, 2.75) is 39.7 Å². The Labute approximate surface area is 62.6 Å². The second-order valence-corrected chi connectivity index (χ2v) is 3.03. The Bertz CT molecular complexity index is 110. The van der Waals surface area contributed by atoms with Crippen molar-refractivity contribution in [3.8, 4) is 0 Å². The molecule has 2 nitrogen and oxygen atoms in total. The first-order valence-electron chi connectivity index (χ1n) is 3.68. The monoisotopic (exact) mass is 144 g/mol. The molecular weight excluding hydrogens is 128 g/mol. The summed E-state index contributed by atoms with van der Waals surface area (Å²) in [4.78, 5) is 10.1. The third-order valence-electron chi connectivity index (χ3n) is 2.24. The van der Waals surface area contributed by atoms with Crippen molar-refractivity contribution in [1.29, 1.82) is 0 Å². The predicted molar refractivity (Wildman–Crippen MR) is 40.7 cm³/mol. The van der Waals surface area contributed by atoms with E-state index in [4.69, 9.17) is 4.74 Å². The smallest absolute Gasteiger partial charge is 0.293 e. The van der Waals surface area contributed by atoms with Crippen molar-refractivity contribution in [3.63, 3.8) is 0 Å². The van der Waals surface area contributed by atoms with Gasteiger partial charge in [0.15, 0.2) is 0 Å². The first-order valence-corrected chi connectivity index (χ1v) is 3.68. The lowest BCUT2D eigenvalue weighted by molar-refractivity contribution is -0.146. The van der Waals surface area contributed by atoms with Crippen molar-refractivity contribution in [2.75, 3.05) is 0 Å². The van der Waals surface area contributed by atoms with E-state index in [0.29, 0.717) is 12.4 Å². The van der Waals surface area contributed by atoms with Crippen molar-refractivity contribution in [2.24, 2.45) is 5.92 Å². The zero-order valence-corrected chi connectivity index (χ0v) is 7.18. The van der Waals surface area contributed by atoms with Crippen LogP contribution in [0, 0.1) is 5.92 Å². The third kappa shape index (κ3) is 2.01. The maximum absolute atomic E-state index is 10.1. The summed E-state index contributed by atoms with van der Waals surface area (Å²) in [6.07, 6.45) is 0.864. The van der Waals surface area contributed by atoms with Gasteiger partial charge in [-0.15, -0.1) is 0 Å². The van der Waals surface area contributed by atoms with Gasteiger partial charge in [0.25, 0.3) is 6.47 Å². The Kier molecular flexibility index (Phi) is 3.40. The average molecular weight is 144 g/mol. The average Bonchev–Trinajstić information content (AvgIpc) is 1.88. The van der Waals surface area contributed by atoms with E-state index >= 15 is 0 Å². The fourth-order valence-corrected chi connectivity index (χ4v) is 0.738. The molecule has 0 radical (unpaired) electrons. The molecule has 0 aliphatic rings. The van der Waals surface area contributed by atoms with E-state index in [2.05, 4.69) is 0 Å². The highest BCUT2D eigenvalue weighted by molar-refractivity contribution is 5.38. The minimum Gasteiger partial charge on any atom is -0.461 e. The van der Waals surface area contributed by atoms with Gasteiger partial charge < -0.3 is 4.74 Å². The molecule has 0 aromatic carbocycles. The zero-order valence-electron chi connectivity index (χ0n) is 7.18. The van der Waals surface area contributed by atoms with Crippen LogP contribution >= 0.6 is 0 Å². The van der Waals surface area contributed by atoms with E-state index in [1.165, 1.54) is 0 Å². The van der Waals surface area contributed by atoms with Crippen molar-refractivity contribution in [1.82, 2.24) is 0 Å². The van der Waals surface area contributed by atoms with Crippen LogP contribution in [-0.2, 0) is 9.53 Å². The van der Waals surface area contributed by atoms with Gasteiger partial charge in [-0.25, -0.2) is 0 Å². The summed E-state index contributed by atoms with van der Waals surface area (Å²) in [5.41, 5.74) is -0.276. The van der Waals surface area contributed by atoms with Gasteiger partial charge in [-0.2, -0.15) is 0 Å². The highest BCUT2D eigenvalue weighted by Gasteiger charge is 2.27. The molecular formula is C8H16O2. The standard InChI is InChI=1S/C8H16O2/c1-5-8(4,7(2)3)10-6-9/h6-7H,5H2,1-4H3. The highest BCUT2D eigenvalue weighted by Crippen LogP contribution is 2.23. The van der Waals surface area contributed by atoms with Gasteiger partial charge in [-0.1, -0.05) is 20.8 Å². The summed E-state index contributed by atoms with van der Waals surface area (Å²) in [6.45, 7) is 8.60. The van der Waals surface area contributed by atoms with Gasteiger partial charge in [0.1, 0.15) is 5.60 Å². The maximum Gasteiger partial charge on any atom is 0.293 e. The summed E-state index contributed by atoms with van der Waals surface area (Å²) < 4.78 is 4.96. The minimum atomic E-state index is -0.276. The van der Waals surface area contributed by atoms with Crippen LogP contribution in [0.2, 0.25) is 0 Å². The Hall–Kier alpha value is -0.530. The molecule has 10 heavy (non-hydrogen) atoms. The first-order chi connectivity index (χ1) is 4.56. The third-order valence-corrected chi connectivity index (χ3v) is 2.24. The molecule has 0 rings (SSSR count). The Morgan fingerprint density at radius 2 is 2.10 bits per heavy atom. The molecule has 0 N–H and O–H groups in total. The number of hydrogen-bond donors (Lipinski definition) is 0. The van der Waals surface area contributed by atoms with Crippen LogP contribution in [0.1, 0.15) is 34.1 Å². The molecule has 0 bridgehead atoms. The molecule has 2 heteroatoms. The van der Waals surface area contributed by atoms with E-state index in [0.717, 1.165) is 6.42 Å². The number of hydrogen-bond acceptors (Lipinski definition) is 2. The van der Waals surface area contributed by atoms with Crippen LogP contribution in [0.5, 0.6) is 0 Å². The van der Waals surface area contributed by atoms with Crippen molar-refractivity contribution >= 4 is 6.47 Å². The first kappa shape index (κ1) is 9.47. The normalized spacial score (nSPS) is 16.5. The minimum absolute atomic E-state index is 0.276. The molecule has 0 aromatic heterocycles. The molecule has 60 valence electrons. The van der Waals surface area contributed by atoms with E-state index in [9.17, 15) is 4.79 Å². The maximum atomic E-state index is 10.1. The molecule has 0 aliphatic carbocycles. The number of rotatable bonds is 4. The van der Waals surface area contributed by atoms with Crippen molar-refractivity contribution in [3.05, 3.63) is 0 Å². The van der Waals surface area contributed by atoms with Gasteiger partial charge in [0, 0.05) is 0 Å². The Balaban J connectivity index is 4.07. The number of carbonyl (C=O) groups is 1. The van der Waals surface area contributed by atoms with Crippen LogP contribution in [-0.4, -0.2) is 12.1 Å². The molecule has 0 saturated carbocycles. The van der Waals surface area contributed by atoms with Crippen LogP contribution in [0.4, 0.5) is 0 Å². The van der Waals surface area contributed by atoms with Gasteiger partial charge in [-0.05, 0) is 19.3 Å². The Morgan fingerprint density at radius 3 is 2.20 bits per heavy atom. The summed E-state index contributed by atoms with van der Waals surface area (Å²) in [7, 11) is 0. The van der Waals surface area contributed by atoms with E-state index in [1.54, 1.807) is 0 Å². The van der Waals surface area contributed by atoms with Gasteiger partial charge in [0.05, 0.1) is 0 Å². The lowest BCUT2D eigenvalue weighted by atomic mass is 9.90. The number of carbonyl (C=O) groups excluding carboxylic acids is 1. The lowest BCUT2D eigenvalue weighted by Crippen LogP contribution is -2.33. The molecule has 0 heterocycles. The second kappa shape index (κ2) is 3.59. The van der Waals surface area contributed by atoms with Crippen LogP contribution in [0.15, 0.2) is 0 Å². The molecule has 0 saturated heterocycles. The fraction of sp³-hybridized carbons (Fsp3) is 0.875. The number of ether oxygens (including phenoxy) is 1. The fourth-order valence-electron chi connectivity index (χ4n) is 0.738.